The molecule has 0 aromatic heterocycles. The van der Waals surface area contributed by atoms with Crippen molar-refractivity contribution in [2.75, 3.05) is 0 Å². The lowest BCUT2D eigenvalue weighted by atomic mass is 9.80. The number of aryl methyl sites for hydroxylation is 2. The van der Waals surface area contributed by atoms with Crippen molar-refractivity contribution in [1.82, 2.24) is 0 Å². The molecule has 0 atom stereocenters. The summed E-state index contributed by atoms with van der Waals surface area (Å²) in [7, 11) is 0. The Bertz CT molecular complexity index is 380. The first-order chi connectivity index (χ1) is 8.36. The highest BCUT2D eigenvalue weighted by Gasteiger charge is 2.19. The second-order valence-electron chi connectivity index (χ2n) is 6.67. The van der Waals surface area contributed by atoms with Gasteiger partial charge in [0.05, 0.1) is 0 Å². The van der Waals surface area contributed by atoms with Gasteiger partial charge in [-0.15, -0.1) is 0 Å². The zero-order chi connectivity index (χ0) is 13.8. The number of hydrogen-bond donors (Lipinski definition) is 0. The molecule has 0 N–H and O–H groups in total. The number of rotatable bonds is 5. The molecule has 0 radical (unpaired) electrons. The maximum atomic E-state index is 2.39. The average Bonchev–Trinajstić information content (AvgIpc) is 2.24. The van der Waals surface area contributed by atoms with Crippen LogP contribution in [-0.2, 0) is 11.8 Å². The zero-order valence-electron chi connectivity index (χ0n) is 13.2. The molecule has 0 heteroatoms. The lowest BCUT2D eigenvalue weighted by molar-refractivity contribution is 0.574. The highest BCUT2D eigenvalue weighted by atomic mass is 14.2. The molecular formula is C18H30. The fraction of sp³-hybridized carbons (Fsp3) is 0.667. The SMILES string of the molecule is CCCCCCc1c(C)cc(C)cc1C(C)(C)C. The highest BCUT2D eigenvalue weighted by molar-refractivity contribution is 5.42. The first kappa shape index (κ1) is 15.3. The third-order valence-corrected chi connectivity index (χ3v) is 3.71. The molecule has 0 aliphatic heterocycles. The van der Waals surface area contributed by atoms with Crippen LogP contribution >= 0.6 is 0 Å². The fourth-order valence-corrected chi connectivity index (χ4v) is 2.73. The van der Waals surface area contributed by atoms with Gasteiger partial charge in [-0.1, -0.05) is 64.7 Å². The Morgan fingerprint density at radius 1 is 0.944 bits per heavy atom. The summed E-state index contributed by atoms with van der Waals surface area (Å²) in [5.74, 6) is 0. The summed E-state index contributed by atoms with van der Waals surface area (Å²) in [6.07, 6.45) is 6.64. The molecule has 1 aromatic carbocycles. The summed E-state index contributed by atoms with van der Waals surface area (Å²) in [6.45, 7) is 13.8. The van der Waals surface area contributed by atoms with Gasteiger partial charge < -0.3 is 0 Å². The standard InChI is InChI=1S/C18H30/c1-7-8-9-10-11-16-15(3)12-14(2)13-17(16)18(4,5)6/h12-13H,7-11H2,1-6H3. The Labute approximate surface area is 114 Å². The minimum Gasteiger partial charge on any atom is -0.0654 e. The van der Waals surface area contributed by atoms with Gasteiger partial charge in [0.15, 0.2) is 0 Å². The van der Waals surface area contributed by atoms with Crippen LogP contribution in [-0.4, -0.2) is 0 Å². The minimum absolute atomic E-state index is 0.261. The van der Waals surface area contributed by atoms with Crippen LogP contribution in [0.15, 0.2) is 12.1 Å². The predicted molar refractivity (Wildman–Crippen MR) is 82.5 cm³/mol. The van der Waals surface area contributed by atoms with Crippen molar-refractivity contribution in [2.45, 2.75) is 79.1 Å². The highest BCUT2D eigenvalue weighted by Crippen LogP contribution is 2.30. The van der Waals surface area contributed by atoms with Gasteiger partial charge in [0.25, 0.3) is 0 Å². The number of unbranched alkanes of at least 4 members (excludes halogenated alkanes) is 3. The largest absolute Gasteiger partial charge is 0.0654 e. The van der Waals surface area contributed by atoms with Crippen molar-refractivity contribution < 1.29 is 0 Å². The van der Waals surface area contributed by atoms with Crippen molar-refractivity contribution in [2.24, 2.45) is 0 Å². The second-order valence-corrected chi connectivity index (χ2v) is 6.67. The molecule has 0 amide bonds. The maximum Gasteiger partial charge on any atom is -0.0129 e. The molecule has 0 unspecified atom stereocenters. The molecule has 0 spiro atoms. The monoisotopic (exact) mass is 246 g/mol. The van der Waals surface area contributed by atoms with Crippen LogP contribution in [0.5, 0.6) is 0 Å². The molecular weight excluding hydrogens is 216 g/mol. The zero-order valence-corrected chi connectivity index (χ0v) is 13.2. The van der Waals surface area contributed by atoms with E-state index < -0.39 is 0 Å². The van der Waals surface area contributed by atoms with E-state index in [0.29, 0.717) is 0 Å². The summed E-state index contributed by atoms with van der Waals surface area (Å²) in [5, 5.41) is 0. The van der Waals surface area contributed by atoms with E-state index >= 15 is 0 Å². The van der Waals surface area contributed by atoms with Gasteiger partial charge in [0, 0.05) is 0 Å². The topological polar surface area (TPSA) is 0 Å². The van der Waals surface area contributed by atoms with Crippen LogP contribution in [0, 0.1) is 13.8 Å². The van der Waals surface area contributed by atoms with E-state index in [1.54, 1.807) is 11.1 Å². The molecule has 0 bridgehead atoms. The van der Waals surface area contributed by atoms with Crippen LogP contribution in [0.1, 0.15) is 75.6 Å². The van der Waals surface area contributed by atoms with Crippen molar-refractivity contribution in [3.63, 3.8) is 0 Å². The molecule has 1 rings (SSSR count). The Morgan fingerprint density at radius 2 is 1.61 bits per heavy atom. The van der Waals surface area contributed by atoms with Gasteiger partial charge in [-0.2, -0.15) is 0 Å². The van der Waals surface area contributed by atoms with Crippen LogP contribution < -0.4 is 0 Å². The number of hydrogen-bond acceptors (Lipinski definition) is 0. The first-order valence-corrected chi connectivity index (χ1v) is 7.47. The molecule has 0 heterocycles. The lowest BCUT2D eigenvalue weighted by Gasteiger charge is -2.25. The van der Waals surface area contributed by atoms with Crippen LogP contribution in [0.3, 0.4) is 0 Å². The molecule has 0 nitrogen and oxygen atoms in total. The minimum atomic E-state index is 0.261. The van der Waals surface area contributed by atoms with E-state index in [1.807, 2.05) is 0 Å². The summed E-state index contributed by atoms with van der Waals surface area (Å²) < 4.78 is 0. The van der Waals surface area contributed by atoms with E-state index in [-0.39, 0.29) is 5.41 Å². The summed E-state index contributed by atoms with van der Waals surface area (Å²) in [4.78, 5) is 0. The summed E-state index contributed by atoms with van der Waals surface area (Å²) >= 11 is 0. The van der Waals surface area contributed by atoms with Crippen LogP contribution in [0.2, 0.25) is 0 Å². The molecule has 0 saturated carbocycles. The molecule has 102 valence electrons. The Kier molecular flexibility index (Phi) is 5.44. The van der Waals surface area contributed by atoms with Gasteiger partial charge in [0.1, 0.15) is 0 Å². The van der Waals surface area contributed by atoms with Crippen LogP contribution in [0.4, 0.5) is 0 Å². The third-order valence-electron chi connectivity index (χ3n) is 3.71. The molecule has 18 heavy (non-hydrogen) atoms. The second kappa shape index (κ2) is 6.41. The first-order valence-electron chi connectivity index (χ1n) is 7.47. The van der Waals surface area contributed by atoms with Gasteiger partial charge in [0.2, 0.25) is 0 Å². The summed E-state index contributed by atoms with van der Waals surface area (Å²) in [6, 6.07) is 4.73. The predicted octanol–water partition coefficient (Wildman–Crippen LogP) is 5.72. The van der Waals surface area contributed by atoms with E-state index in [2.05, 4.69) is 53.7 Å². The molecule has 0 aliphatic rings. The van der Waals surface area contributed by atoms with Crippen molar-refractivity contribution in [3.8, 4) is 0 Å². The van der Waals surface area contributed by atoms with E-state index in [4.69, 9.17) is 0 Å². The molecule has 0 fully saturated rings. The Morgan fingerprint density at radius 3 is 2.17 bits per heavy atom. The van der Waals surface area contributed by atoms with Crippen molar-refractivity contribution >= 4 is 0 Å². The van der Waals surface area contributed by atoms with E-state index in [0.717, 1.165) is 0 Å². The number of benzene rings is 1. The molecule has 0 aliphatic carbocycles. The lowest BCUT2D eigenvalue weighted by Crippen LogP contribution is -2.15. The summed E-state index contributed by atoms with van der Waals surface area (Å²) in [5.41, 5.74) is 6.29. The van der Waals surface area contributed by atoms with Gasteiger partial charge in [-0.3, -0.25) is 0 Å². The van der Waals surface area contributed by atoms with Gasteiger partial charge in [-0.05, 0) is 48.8 Å². The van der Waals surface area contributed by atoms with Crippen LogP contribution in [0.25, 0.3) is 0 Å². The Hall–Kier alpha value is -0.780. The van der Waals surface area contributed by atoms with Gasteiger partial charge in [-0.25, -0.2) is 0 Å². The van der Waals surface area contributed by atoms with Gasteiger partial charge >= 0.3 is 0 Å². The van der Waals surface area contributed by atoms with Crippen molar-refractivity contribution in [3.05, 3.63) is 34.4 Å². The van der Waals surface area contributed by atoms with Crippen molar-refractivity contribution in [1.29, 1.82) is 0 Å². The average molecular weight is 246 g/mol. The Balaban J connectivity index is 2.94. The normalized spacial score (nSPS) is 11.9. The molecule has 0 saturated heterocycles. The third kappa shape index (κ3) is 4.15. The van der Waals surface area contributed by atoms with E-state index in [9.17, 15) is 0 Å². The maximum absolute atomic E-state index is 2.39. The smallest absolute Gasteiger partial charge is 0.0129 e. The quantitative estimate of drug-likeness (QED) is 0.582. The van der Waals surface area contributed by atoms with E-state index in [1.165, 1.54) is 43.2 Å². The fourth-order valence-electron chi connectivity index (χ4n) is 2.73. The molecule has 1 aromatic rings.